The number of primary amides is 1. The van der Waals surface area contributed by atoms with Gasteiger partial charge in [-0.25, -0.2) is 4.79 Å². The number of aromatic hydroxyl groups is 1. The Hall–Kier alpha value is -1.91. The smallest absolute Gasteiger partial charge is 0.405 e. The van der Waals surface area contributed by atoms with Crippen LogP contribution in [0.25, 0.3) is 0 Å². The van der Waals surface area contributed by atoms with E-state index in [9.17, 15) is 9.90 Å². The molecule has 0 heterocycles. The summed E-state index contributed by atoms with van der Waals surface area (Å²) in [6, 6.07) is 5.08. The van der Waals surface area contributed by atoms with Crippen molar-refractivity contribution in [3.63, 3.8) is 0 Å². The first-order chi connectivity index (χ1) is 8.84. The predicted molar refractivity (Wildman–Crippen MR) is 72.3 cm³/mol. The summed E-state index contributed by atoms with van der Waals surface area (Å²) in [6.45, 7) is 6.08. The molecule has 0 unspecified atom stereocenters. The summed E-state index contributed by atoms with van der Waals surface area (Å²) in [7, 11) is 0. The van der Waals surface area contributed by atoms with E-state index in [2.05, 4.69) is 0 Å². The fourth-order valence-corrected chi connectivity index (χ4v) is 1.80. The lowest BCUT2D eigenvalue weighted by Gasteiger charge is -2.24. The van der Waals surface area contributed by atoms with Gasteiger partial charge < -0.3 is 20.3 Å². The first-order valence-corrected chi connectivity index (χ1v) is 6.27. The van der Waals surface area contributed by atoms with Crippen molar-refractivity contribution in [2.24, 2.45) is 5.73 Å². The highest BCUT2D eigenvalue weighted by atomic mass is 16.6. The minimum Gasteiger partial charge on any atom is -0.504 e. The molecule has 0 bridgehead atoms. The number of ether oxygens (including phenoxy) is 2. The maximum Gasteiger partial charge on any atom is 0.405 e. The molecule has 0 fully saturated rings. The Balaban J connectivity index is 2.81. The number of rotatable bonds is 6. The molecule has 0 aliphatic heterocycles. The molecule has 0 atom stereocenters. The van der Waals surface area contributed by atoms with Crippen molar-refractivity contribution in [3.05, 3.63) is 23.8 Å². The van der Waals surface area contributed by atoms with Crippen LogP contribution in [0.4, 0.5) is 4.79 Å². The number of benzene rings is 1. The molecule has 1 aromatic carbocycles. The number of hydrogen-bond donors (Lipinski definition) is 2. The van der Waals surface area contributed by atoms with Crippen molar-refractivity contribution in [2.75, 3.05) is 6.61 Å². The molecule has 1 rings (SSSR count). The molecule has 1 aromatic rings. The average Bonchev–Trinajstić information content (AvgIpc) is 2.27. The second kappa shape index (κ2) is 6.31. The second-order valence-corrected chi connectivity index (χ2v) is 5.01. The lowest BCUT2D eigenvalue weighted by atomic mass is 9.98. The van der Waals surface area contributed by atoms with Gasteiger partial charge in [-0.05, 0) is 38.0 Å². The monoisotopic (exact) mass is 267 g/mol. The van der Waals surface area contributed by atoms with Crippen LogP contribution < -0.4 is 10.5 Å². The summed E-state index contributed by atoms with van der Waals surface area (Å²) in [4.78, 5) is 10.8. The Morgan fingerprint density at radius 2 is 2.11 bits per heavy atom. The minimum absolute atomic E-state index is 0.103. The molecule has 5 heteroatoms. The van der Waals surface area contributed by atoms with Crippen molar-refractivity contribution in [3.8, 4) is 11.5 Å². The fourth-order valence-electron chi connectivity index (χ4n) is 1.80. The van der Waals surface area contributed by atoms with Gasteiger partial charge in [-0.3, -0.25) is 0 Å². The number of phenols is 1. The highest BCUT2D eigenvalue weighted by molar-refractivity contribution is 5.65. The van der Waals surface area contributed by atoms with Gasteiger partial charge >= 0.3 is 6.09 Å². The van der Waals surface area contributed by atoms with Gasteiger partial charge in [0.25, 0.3) is 0 Å². The van der Waals surface area contributed by atoms with E-state index in [-0.39, 0.29) is 5.75 Å². The van der Waals surface area contributed by atoms with Gasteiger partial charge in [0.05, 0.1) is 6.61 Å². The third-order valence-electron chi connectivity index (χ3n) is 2.49. The SMILES string of the molecule is CCCOc1cc(CC(C)(C)OC(N)=O)ccc1O. The maximum atomic E-state index is 10.8. The van der Waals surface area contributed by atoms with Crippen molar-refractivity contribution in [1.29, 1.82) is 0 Å². The Labute approximate surface area is 113 Å². The summed E-state index contributed by atoms with van der Waals surface area (Å²) in [5, 5.41) is 9.67. The van der Waals surface area contributed by atoms with E-state index in [1.54, 1.807) is 32.0 Å². The zero-order chi connectivity index (χ0) is 14.5. The Kier molecular flexibility index (Phi) is 5.03. The molecule has 0 saturated heterocycles. The van der Waals surface area contributed by atoms with E-state index in [1.165, 1.54) is 0 Å². The summed E-state index contributed by atoms with van der Waals surface area (Å²) >= 11 is 0. The maximum absolute atomic E-state index is 10.8. The molecule has 19 heavy (non-hydrogen) atoms. The van der Waals surface area contributed by atoms with E-state index in [1.807, 2.05) is 6.92 Å². The van der Waals surface area contributed by atoms with Gasteiger partial charge in [0.1, 0.15) is 5.60 Å². The molecule has 3 N–H and O–H groups in total. The molecule has 5 nitrogen and oxygen atoms in total. The van der Waals surface area contributed by atoms with Gasteiger partial charge in [0.2, 0.25) is 0 Å². The molecule has 106 valence electrons. The molecular formula is C14H21NO4. The number of nitrogens with two attached hydrogens (primary N) is 1. The van der Waals surface area contributed by atoms with Crippen LogP contribution in [0.2, 0.25) is 0 Å². The molecule has 1 amide bonds. The second-order valence-electron chi connectivity index (χ2n) is 5.01. The summed E-state index contributed by atoms with van der Waals surface area (Å²) in [5.41, 5.74) is 5.22. The van der Waals surface area contributed by atoms with Gasteiger partial charge in [-0.1, -0.05) is 13.0 Å². The topological polar surface area (TPSA) is 81.8 Å². The van der Waals surface area contributed by atoms with Crippen LogP contribution in [0.5, 0.6) is 11.5 Å². The van der Waals surface area contributed by atoms with E-state index in [0.717, 1.165) is 12.0 Å². The molecular weight excluding hydrogens is 246 g/mol. The highest BCUT2D eigenvalue weighted by Gasteiger charge is 2.22. The van der Waals surface area contributed by atoms with Crippen LogP contribution in [0.1, 0.15) is 32.8 Å². The normalized spacial score (nSPS) is 11.1. The van der Waals surface area contributed by atoms with Gasteiger partial charge in [0.15, 0.2) is 11.5 Å². The van der Waals surface area contributed by atoms with E-state index in [0.29, 0.717) is 18.8 Å². The van der Waals surface area contributed by atoms with Crippen molar-refractivity contribution in [1.82, 2.24) is 0 Å². The largest absolute Gasteiger partial charge is 0.504 e. The number of amides is 1. The third kappa shape index (κ3) is 5.07. The van der Waals surface area contributed by atoms with Crippen LogP contribution in [-0.2, 0) is 11.2 Å². The van der Waals surface area contributed by atoms with Crippen LogP contribution in [-0.4, -0.2) is 23.4 Å². The lowest BCUT2D eigenvalue weighted by molar-refractivity contribution is 0.0460. The first-order valence-electron chi connectivity index (χ1n) is 6.27. The Morgan fingerprint density at radius 3 is 2.68 bits per heavy atom. The van der Waals surface area contributed by atoms with Crippen molar-refractivity contribution in [2.45, 2.75) is 39.2 Å². The molecule has 0 radical (unpaired) electrons. The van der Waals surface area contributed by atoms with Crippen molar-refractivity contribution < 1.29 is 19.4 Å². The lowest BCUT2D eigenvalue weighted by Crippen LogP contribution is -2.33. The Bertz CT molecular complexity index is 443. The molecule has 0 aromatic heterocycles. The van der Waals surface area contributed by atoms with Gasteiger partial charge in [-0.2, -0.15) is 0 Å². The molecule has 0 aliphatic rings. The number of hydrogen-bond acceptors (Lipinski definition) is 4. The van der Waals surface area contributed by atoms with E-state index in [4.69, 9.17) is 15.2 Å². The Morgan fingerprint density at radius 1 is 1.42 bits per heavy atom. The first kappa shape index (κ1) is 15.1. The number of carbonyl (C=O) groups excluding carboxylic acids is 1. The molecule has 0 spiro atoms. The van der Waals surface area contributed by atoms with Crippen LogP contribution >= 0.6 is 0 Å². The quantitative estimate of drug-likeness (QED) is 0.830. The van der Waals surface area contributed by atoms with E-state index >= 15 is 0 Å². The van der Waals surface area contributed by atoms with Crippen LogP contribution in [0.3, 0.4) is 0 Å². The minimum atomic E-state index is -0.800. The van der Waals surface area contributed by atoms with Gasteiger partial charge in [-0.15, -0.1) is 0 Å². The number of carbonyl (C=O) groups is 1. The van der Waals surface area contributed by atoms with E-state index < -0.39 is 11.7 Å². The molecule has 0 aliphatic carbocycles. The fraction of sp³-hybridized carbons (Fsp3) is 0.500. The zero-order valence-corrected chi connectivity index (χ0v) is 11.6. The molecule has 0 saturated carbocycles. The van der Waals surface area contributed by atoms with Gasteiger partial charge in [0, 0.05) is 6.42 Å². The summed E-state index contributed by atoms with van der Waals surface area (Å²) in [6.07, 6.45) is 0.546. The standard InChI is InChI=1S/C14H21NO4/c1-4-7-18-12-8-10(5-6-11(12)16)9-14(2,3)19-13(15)17/h5-6,8,16H,4,7,9H2,1-3H3,(H2,15,17). The third-order valence-corrected chi connectivity index (χ3v) is 2.49. The summed E-state index contributed by atoms with van der Waals surface area (Å²) in [5.74, 6) is 0.542. The van der Waals surface area contributed by atoms with Crippen LogP contribution in [0, 0.1) is 0 Å². The average molecular weight is 267 g/mol. The zero-order valence-electron chi connectivity index (χ0n) is 11.6. The van der Waals surface area contributed by atoms with Crippen LogP contribution in [0.15, 0.2) is 18.2 Å². The predicted octanol–water partition coefficient (Wildman–Crippen LogP) is 2.60. The highest BCUT2D eigenvalue weighted by Crippen LogP contribution is 2.29. The summed E-state index contributed by atoms with van der Waals surface area (Å²) < 4.78 is 10.5. The number of phenolic OH excluding ortho intramolecular Hbond substituents is 1. The van der Waals surface area contributed by atoms with Crippen molar-refractivity contribution >= 4 is 6.09 Å².